The predicted octanol–water partition coefficient (Wildman–Crippen LogP) is 0.280. The van der Waals surface area contributed by atoms with Gasteiger partial charge in [-0.3, -0.25) is 10.1 Å². The summed E-state index contributed by atoms with van der Waals surface area (Å²) in [6, 6.07) is 0. The van der Waals surface area contributed by atoms with Crippen LogP contribution in [0.2, 0.25) is 0 Å². The molecule has 0 amide bonds. The zero-order valence-electron chi connectivity index (χ0n) is 7.87. The van der Waals surface area contributed by atoms with E-state index in [1.54, 1.807) is 0 Å². The lowest BCUT2D eigenvalue weighted by Crippen LogP contribution is -2.15. The SMILES string of the molecule is NS(=O)(=O)c1cnc(C(F)F)c(O)c1[N+](=O)[O-]. The summed E-state index contributed by atoms with van der Waals surface area (Å²) in [4.78, 5) is 11.0. The quantitative estimate of drug-likeness (QED) is 0.597. The average molecular weight is 269 g/mol. The minimum absolute atomic E-state index is 0.300. The molecule has 0 aliphatic rings. The van der Waals surface area contributed by atoms with Crippen molar-refractivity contribution in [3.63, 3.8) is 0 Å². The van der Waals surface area contributed by atoms with Gasteiger partial charge in [0, 0.05) is 0 Å². The van der Waals surface area contributed by atoms with E-state index in [9.17, 15) is 27.3 Å². The third-order valence-corrected chi connectivity index (χ3v) is 2.63. The van der Waals surface area contributed by atoms with Crippen molar-refractivity contribution in [1.82, 2.24) is 4.98 Å². The summed E-state index contributed by atoms with van der Waals surface area (Å²) in [5, 5.41) is 24.3. The number of aromatic hydroxyl groups is 1. The number of nitrogens with zero attached hydrogens (tertiary/aromatic N) is 2. The van der Waals surface area contributed by atoms with Gasteiger partial charge in [0.15, 0.2) is 10.6 Å². The minimum Gasteiger partial charge on any atom is -0.501 e. The van der Waals surface area contributed by atoms with Crippen LogP contribution in [0.15, 0.2) is 11.1 Å². The fourth-order valence-corrected chi connectivity index (χ4v) is 1.67. The van der Waals surface area contributed by atoms with Crippen molar-refractivity contribution in [2.75, 3.05) is 0 Å². The largest absolute Gasteiger partial charge is 0.501 e. The molecule has 0 aliphatic heterocycles. The van der Waals surface area contributed by atoms with Crippen LogP contribution < -0.4 is 5.14 Å². The van der Waals surface area contributed by atoms with Crippen LogP contribution in [0.5, 0.6) is 5.75 Å². The number of rotatable bonds is 3. The second-order valence-corrected chi connectivity index (χ2v) is 4.34. The number of primary sulfonamides is 1. The Bertz CT molecular complexity index is 573. The van der Waals surface area contributed by atoms with Gasteiger partial charge in [-0.05, 0) is 0 Å². The molecular formula is C6H5F2N3O5S. The maximum Gasteiger partial charge on any atom is 0.334 e. The molecule has 1 aromatic rings. The molecule has 1 aromatic heterocycles. The van der Waals surface area contributed by atoms with Gasteiger partial charge >= 0.3 is 5.69 Å². The molecule has 0 aromatic carbocycles. The number of sulfonamides is 1. The molecule has 0 radical (unpaired) electrons. The van der Waals surface area contributed by atoms with Gasteiger partial charge in [0.25, 0.3) is 6.43 Å². The minimum atomic E-state index is -4.55. The standard InChI is InChI=1S/C6H5F2N3O5S/c7-6(8)3-5(12)4(11(13)14)2(1-10-3)17(9,15)16/h1,6,12H,(H2,9,15,16). The first-order chi connectivity index (χ1) is 7.66. The van der Waals surface area contributed by atoms with Gasteiger partial charge in [-0.2, -0.15) is 0 Å². The van der Waals surface area contributed by atoms with E-state index in [1.807, 2.05) is 0 Å². The Morgan fingerprint density at radius 3 is 2.41 bits per heavy atom. The normalized spacial score (nSPS) is 11.8. The summed E-state index contributed by atoms with van der Waals surface area (Å²) in [5.41, 5.74) is -2.71. The molecule has 0 aliphatic carbocycles. The lowest BCUT2D eigenvalue weighted by atomic mass is 10.3. The van der Waals surface area contributed by atoms with Crippen molar-refractivity contribution < 1.29 is 27.2 Å². The molecule has 94 valence electrons. The van der Waals surface area contributed by atoms with Crippen LogP contribution in [0.1, 0.15) is 12.1 Å². The van der Waals surface area contributed by atoms with Crippen LogP contribution in [0.3, 0.4) is 0 Å². The highest BCUT2D eigenvalue weighted by atomic mass is 32.2. The predicted molar refractivity (Wildman–Crippen MR) is 48.9 cm³/mol. The second-order valence-electron chi connectivity index (χ2n) is 2.81. The Morgan fingerprint density at radius 2 is 2.06 bits per heavy atom. The van der Waals surface area contributed by atoms with E-state index >= 15 is 0 Å². The molecule has 0 fully saturated rings. The Morgan fingerprint density at radius 1 is 1.53 bits per heavy atom. The van der Waals surface area contributed by atoms with Crippen molar-refractivity contribution in [2.24, 2.45) is 5.14 Å². The Kier molecular flexibility index (Phi) is 3.24. The lowest BCUT2D eigenvalue weighted by molar-refractivity contribution is -0.389. The highest BCUT2D eigenvalue weighted by Gasteiger charge is 2.32. The average Bonchev–Trinajstić information content (AvgIpc) is 2.14. The maximum atomic E-state index is 12.3. The molecule has 0 saturated heterocycles. The Hall–Kier alpha value is -1.88. The molecular weight excluding hydrogens is 264 g/mol. The maximum absolute atomic E-state index is 12.3. The number of pyridine rings is 1. The molecule has 0 spiro atoms. The van der Waals surface area contributed by atoms with Crippen molar-refractivity contribution in [2.45, 2.75) is 11.3 Å². The van der Waals surface area contributed by atoms with Crippen LogP contribution in [0.25, 0.3) is 0 Å². The van der Waals surface area contributed by atoms with Gasteiger partial charge < -0.3 is 5.11 Å². The highest BCUT2D eigenvalue weighted by Crippen LogP contribution is 2.37. The third kappa shape index (κ3) is 2.45. The number of alkyl halides is 2. The number of hydrogen-bond acceptors (Lipinski definition) is 6. The number of nitro groups is 1. The van der Waals surface area contributed by atoms with E-state index in [-0.39, 0.29) is 0 Å². The van der Waals surface area contributed by atoms with E-state index in [4.69, 9.17) is 5.11 Å². The molecule has 0 unspecified atom stereocenters. The second kappa shape index (κ2) is 4.18. The van der Waals surface area contributed by atoms with Crippen LogP contribution in [0.4, 0.5) is 14.5 Å². The summed E-state index contributed by atoms with van der Waals surface area (Å²) in [7, 11) is -4.55. The number of aromatic nitrogens is 1. The van der Waals surface area contributed by atoms with Crippen LogP contribution >= 0.6 is 0 Å². The lowest BCUT2D eigenvalue weighted by Gasteiger charge is -2.05. The molecule has 0 atom stereocenters. The summed E-state index contributed by atoms with van der Waals surface area (Å²) in [5.74, 6) is -1.52. The highest BCUT2D eigenvalue weighted by molar-refractivity contribution is 7.89. The van der Waals surface area contributed by atoms with E-state index in [2.05, 4.69) is 10.1 Å². The summed E-state index contributed by atoms with van der Waals surface area (Å²) < 4.78 is 46.4. The number of nitrogens with two attached hydrogens (primary N) is 1. The van der Waals surface area contributed by atoms with Gasteiger partial charge in [0.2, 0.25) is 15.8 Å². The first kappa shape index (κ1) is 13.2. The first-order valence-corrected chi connectivity index (χ1v) is 5.38. The summed E-state index contributed by atoms with van der Waals surface area (Å²) in [6.07, 6.45) is -2.99. The van der Waals surface area contributed by atoms with E-state index in [0.29, 0.717) is 6.20 Å². The molecule has 0 saturated carbocycles. The molecule has 0 bridgehead atoms. The zero-order valence-corrected chi connectivity index (χ0v) is 8.69. The summed E-state index contributed by atoms with van der Waals surface area (Å²) >= 11 is 0. The van der Waals surface area contributed by atoms with Crippen LogP contribution in [0, 0.1) is 10.1 Å². The third-order valence-electron chi connectivity index (χ3n) is 1.72. The van der Waals surface area contributed by atoms with Gasteiger partial charge in [-0.15, -0.1) is 0 Å². The van der Waals surface area contributed by atoms with E-state index < -0.39 is 43.4 Å². The van der Waals surface area contributed by atoms with Crippen molar-refractivity contribution in [1.29, 1.82) is 0 Å². The van der Waals surface area contributed by atoms with E-state index in [0.717, 1.165) is 0 Å². The zero-order chi connectivity index (χ0) is 13.4. The fourth-order valence-electron chi connectivity index (χ4n) is 1.03. The van der Waals surface area contributed by atoms with Gasteiger partial charge in [-0.25, -0.2) is 27.3 Å². The monoisotopic (exact) mass is 269 g/mol. The van der Waals surface area contributed by atoms with Crippen molar-refractivity contribution >= 4 is 15.7 Å². The van der Waals surface area contributed by atoms with Crippen LogP contribution in [-0.2, 0) is 10.0 Å². The fraction of sp³-hybridized carbons (Fsp3) is 0.167. The van der Waals surface area contributed by atoms with Gasteiger partial charge in [0.1, 0.15) is 0 Å². The molecule has 8 nitrogen and oxygen atoms in total. The van der Waals surface area contributed by atoms with Crippen molar-refractivity contribution in [3.05, 3.63) is 22.0 Å². The number of hydrogen-bond donors (Lipinski definition) is 2. The first-order valence-electron chi connectivity index (χ1n) is 3.83. The van der Waals surface area contributed by atoms with E-state index in [1.165, 1.54) is 0 Å². The van der Waals surface area contributed by atoms with Crippen LogP contribution in [-0.4, -0.2) is 23.4 Å². The molecule has 3 N–H and O–H groups in total. The van der Waals surface area contributed by atoms with Gasteiger partial charge in [0.05, 0.1) is 11.1 Å². The molecule has 17 heavy (non-hydrogen) atoms. The van der Waals surface area contributed by atoms with Crippen molar-refractivity contribution in [3.8, 4) is 5.75 Å². The molecule has 1 rings (SSSR count). The topological polar surface area (TPSA) is 136 Å². The number of halogens is 2. The Labute approximate surface area is 92.9 Å². The summed E-state index contributed by atoms with van der Waals surface area (Å²) in [6.45, 7) is 0. The van der Waals surface area contributed by atoms with Gasteiger partial charge in [-0.1, -0.05) is 0 Å². The molecule has 1 heterocycles. The molecule has 11 heteroatoms. The Balaban J connectivity index is 3.69. The smallest absolute Gasteiger partial charge is 0.334 e.